The van der Waals surface area contributed by atoms with Crippen LogP contribution in [-0.4, -0.2) is 46.5 Å². The third-order valence-electron chi connectivity index (χ3n) is 3.29. The van der Waals surface area contributed by atoms with Crippen molar-refractivity contribution in [3.8, 4) is 0 Å². The molecule has 1 unspecified atom stereocenters. The molecule has 6 heteroatoms. The van der Waals surface area contributed by atoms with Gasteiger partial charge in [-0.1, -0.05) is 6.92 Å². The largest absolute Gasteiger partial charge is 0.394 e. The van der Waals surface area contributed by atoms with Crippen LogP contribution >= 0.6 is 0 Å². The topological polar surface area (TPSA) is 84.5 Å². The number of nitrogens with two attached hydrogens (primary N) is 1. The zero-order valence-electron chi connectivity index (χ0n) is 11.8. The lowest BCUT2D eigenvalue weighted by Crippen LogP contribution is -2.54. The number of hydrogen-bond acceptors (Lipinski definition) is 6. The minimum atomic E-state index is -0.323. The average Bonchev–Trinajstić information content (AvgIpc) is 2.36. The highest BCUT2D eigenvalue weighted by Gasteiger charge is 2.34. The van der Waals surface area contributed by atoms with E-state index >= 15 is 0 Å². The van der Waals surface area contributed by atoms with Crippen LogP contribution in [0.25, 0.3) is 0 Å². The van der Waals surface area contributed by atoms with Crippen molar-refractivity contribution in [1.82, 2.24) is 9.97 Å². The van der Waals surface area contributed by atoms with Crippen LogP contribution < -0.4 is 10.6 Å². The molecular weight excluding hydrogens is 244 g/mol. The molecule has 19 heavy (non-hydrogen) atoms. The van der Waals surface area contributed by atoms with Gasteiger partial charge in [-0.25, -0.2) is 9.97 Å². The molecule has 1 aromatic heterocycles. The van der Waals surface area contributed by atoms with Crippen LogP contribution in [-0.2, 0) is 11.2 Å². The summed E-state index contributed by atoms with van der Waals surface area (Å²) in [5, 5.41) is 9.36. The third kappa shape index (κ3) is 2.96. The van der Waals surface area contributed by atoms with E-state index in [0.717, 1.165) is 17.8 Å². The van der Waals surface area contributed by atoms with Gasteiger partial charge in [-0.05, 0) is 20.3 Å². The molecule has 0 aliphatic carbocycles. The van der Waals surface area contributed by atoms with Gasteiger partial charge in [-0.2, -0.15) is 0 Å². The van der Waals surface area contributed by atoms with Crippen molar-refractivity contribution in [3.63, 3.8) is 0 Å². The first-order valence-electron chi connectivity index (χ1n) is 6.60. The van der Waals surface area contributed by atoms with Crippen LogP contribution in [0.2, 0.25) is 0 Å². The zero-order chi connectivity index (χ0) is 14.0. The van der Waals surface area contributed by atoms with E-state index in [2.05, 4.69) is 14.9 Å². The van der Waals surface area contributed by atoms with Crippen LogP contribution in [0.5, 0.6) is 0 Å². The molecular formula is C13H22N4O2. The van der Waals surface area contributed by atoms with Crippen LogP contribution in [0.3, 0.4) is 0 Å². The molecule has 0 aromatic carbocycles. The second-order valence-electron chi connectivity index (χ2n) is 5.48. The average molecular weight is 266 g/mol. The van der Waals surface area contributed by atoms with Crippen molar-refractivity contribution in [1.29, 1.82) is 0 Å². The SMILES string of the molecule is CCc1c(N)ncnc1N1CC(CO)OC(C)(C)C1. The van der Waals surface area contributed by atoms with Gasteiger partial charge in [0.1, 0.15) is 18.0 Å². The van der Waals surface area contributed by atoms with Gasteiger partial charge in [0.15, 0.2) is 0 Å². The number of hydrogen-bond donors (Lipinski definition) is 2. The molecule has 0 amide bonds. The van der Waals surface area contributed by atoms with Crippen LogP contribution in [0, 0.1) is 0 Å². The number of aliphatic hydroxyl groups excluding tert-OH is 1. The maximum Gasteiger partial charge on any atom is 0.137 e. The van der Waals surface area contributed by atoms with E-state index in [0.29, 0.717) is 18.9 Å². The van der Waals surface area contributed by atoms with Gasteiger partial charge >= 0.3 is 0 Å². The summed E-state index contributed by atoms with van der Waals surface area (Å²) in [4.78, 5) is 10.5. The summed E-state index contributed by atoms with van der Waals surface area (Å²) < 4.78 is 5.81. The molecule has 1 fully saturated rings. The third-order valence-corrected chi connectivity index (χ3v) is 3.29. The second kappa shape index (κ2) is 5.30. The Kier molecular flexibility index (Phi) is 3.91. The van der Waals surface area contributed by atoms with E-state index in [9.17, 15) is 5.11 Å². The lowest BCUT2D eigenvalue weighted by atomic mass is 10.0. The highest BCUT2D eigenvalue weighted by atomic mass is 16.5. The first kappa shape index (κ1) is 14.0. The number of anilines is 2. The van der Waals surface area contributed by atoms with Gasteiger partial charge in [0, 0.05) is 18.7 Å². The molecule has 1 aliphatic heterocycles. The molecule has 2 heterocycles. The number of morpholine rings is 1. The summed E-state index contributed by atoms with van der Waals surface area (Å²) in [5.74, 6) is 1.38. The van der Waals surface area contributed by atoms with Gasteiger partial charge in [0.25, 0.3) is 0 Å². The minimum Gasteiger partial charge on any atom is -0.394 e. The predicted molar refractivity (Wildman–Crippen MR) is 74.1 cm³/mol. The molecule has 0 radical (unpaired) electrons. The van der Waals surface area contributed by atoms with E-state index in [1.807, 2.05) is 20.8 Å². The Labute approximate surface area is 113 Å². The van der Waals surface area contributed by atoms with Crippen molar-refractivity contribution in [2.24, 2.45) is 0 Å². The Morgan fingerprint density at radius 2 is 2.26 bits per heavy atom. The fourth-order valence-electron chi connectivity index (χ4n) is 2.58. The molecule has 3 N–H and O–H groups in total. The monoisotopic (exact) mass is 266 g/mol. The van der Waals surface area contributed by atoms with Crippen molar-refractivity contribution in [2.75, 3.05) is 30.3 Å². The van der Waals surface area contributed by atoms with Crippen molar-refractivity contribution in [3.05, 3.63) is 11.9 Å². The zero-order valence-corrected chi connectivity index (χ0v) is 11.8. The number of aromatic nitrogens is 2. The summed E-state index contributed by atoms with van der Waals surface area (Å²) >= 11 is 0. The highest BCUT2D eigenvalue weighted by molar-refractivity contribution is 5.57. The Morgan fingerprint density at radius 1 is 1.53 bits per heavy atom. The molecule has 1 aliphatic rings. The van der Waals surface area contributed by atoms with Gasteiger partial charge in [-0.3, -0.25) is 0 Å². The Morgan fingerprint density at radius 3 is 2.89 bits per heavy atom. The number of ether oxygens (including phenoxy) is 1. The van der Waals surface area contributed by atoms with Crippen LogP contribution in [0.15, 0.2) is 6.33 Å². The van der Waals surface area contributed by atoms with Crippen molar-refractivity contribution >= 4 is 11.6 Å². The number of aliphatic hydroxyl groups is 1. The predicted octanol–water partition coefficient (Wildman–Crippen LogP) is 0.597. The summed E-state index contributed by atoms with van der Waals surface area (Å²) in [7, 11) is 0. The van der Waals surface area contributed by atoms with Crippen LogP contribution in [0.4, 0.5) is 11.6 Å². The lowest BCUT2D eigenvalue weighted by Gasteiger charge is -2.43. The number of rotatable bonds is 3. The van der Waals surface area contributed by atoms with Gasteiger partial charge in [0.05, 0.1) is 18.3 Å². The lowest BCUT2D eigenvalue weighted by molar-refractivity contribution is -0.101. The first-order chi connectivity index (χ1) is 8.96. The molecule has 1 saturated heterocycles. The number of nitrogen functional groups attached to an aromatic ring is 1. The smallest absolute Gasteiger partial charge is 0.137 e. The molecule has 106 valence electrons. The standard InChI is InChI=1S/C13H22N4O2/c1-4-10-11(14)15-8-16-12(10)17-5-9(6-18)19-13(2,3)7-17/h8-9,18H,4-7H2,1-3H3,(H2,14,15,16). The van der Waals surface area contributed by atoms with Crippen molar-refractivity contribution < 1.29 is 9.84 Å². The molecule has 6 nitrogen and oxygen atoms in total. The maximum absolute atomic E-state index is 9.36. The summed E-state index contributed by atoms with van der Waals surface area (Å²) in [6.45, 7) is 7.39. The molecule has 0 bridgehead atoms. The minimum absolute atomic E-state index is 0.00194. The van der Waals surface area contributed by atoms with Gasteiger partial charge < -0.3 is 20.5 Å². The van der Waals surface area contributed by atoms with E-state index in [-0.39, 0.29) is 18.3 Å². The molecule has 1 aromatic rings. The first-order valence-corrected chi connectivity index (χ1v) is 6.60. The van der Waals surface area contributed by atoms with E-state index in [1.54, 1.807) is 0 Å². The Hall–Kier alpha value is -1.40. The quantitative estimate of drug-likeness (QED) is 0.833. The fourth-order valence-corrected chi connectivity index (χ4v) is 2.58. The summed E-state index contributed by atoms with van der Waals surface area (Å²) in [6.07, 6.45) is 2.06. The maximum atomic E-state index is 9.36. The van der Waals surface area contributed by atoms with Crippen molar-refractivity contribution in [2.45, 2.75) is 38.9 Å². The highest BCUT2D eigenvalue weighted by Crippen LogP contribution is 2.28. The Bertz CT molecular complexity index is 450. The molecule has 1 atom stereocenters. The molecule has 0 spiro atoms. The summed E-state index contributed by atoms with van der Waals surface area (Å²) in [5.41, 5.74) is 6.55. The Balaban J connectivity index is 2.33. The molecule has 2 rings (SSSR count). The number of nitrogens with zero attached hydrogens (tertiary/aromatic N) is 3. The fraction of sp³-hybridized carbons (Fsp3) is 0.692. The molecule has 0 saturated carbocycles. The normalized spacial score (nSPS) is 22.5. The van der Waals surface area contributed by atoms with Crippen LogP contribution in [0.1, 0.15) is 26.3 Å². The second-order valence-corrected chi connectivity index (χ2v) is 5.48. The van der Waals surface area contributed by atoms with Gasteiger partial charge in [0.2, 0.25) is 0 Å². The van der Waals surface area contributed by atoms with Gasteiger partial charge in [-0.15, -0.1) is 0 Å². The van der Waals surface area contributed by atoms with E-state index < -0.39 is 0 Å². The van der Waals surface area contributed by atoms with E-state index in [4.69, 9.17) is 10.5 Å². The van der Waals surface area contributed by atoms with E-state index in [1.165, 1.54) is 6.33 Å². The summed E-state index contributed by atoms with van der Waals surface area (Å²) in [6, 6.07) is 0.